The van der Waals surface area contributed by atoms with E-state index in [1.807, 2.05) is 0 Å². The molecule has 0 saturated carbocycles. The number of aryl methyl sites for hydroxylation is 1. The molecule has 0 aromatic heterocycles. The van der Waals surface area contributed by atoms with E-state index in [0.717, 1.165) is 0 Å². The van der Waals surface area contributed by atoms with E-state index in [0.29, 0.717) is 0 Å². The number of hydrogen-bond acceptors (Lipinski definition) is 0. The van der Waals surface area contributed by atoms with Crippen molar-refractivity contribution in [2.24, 2.45) is 0 Å². The van der Waals surface area contributed by atoms with E-state index in [9.17, 15) is 0 Å². The minimum atomic E-state index is -1.86. The van der Waals surface area contributed by atoms with Gasteiger partial charge >= 0.3 is 144 Å². The van der Waals surface area contributed by atoms with Crippen molar-refractivity contribution >= 4 is 18.4 Å². The third kappa shape index (κ3) is 8.04. The van der Waals surface area contributed by atoms with Gasteiger partial charge in [-0.2, -0.15) is 0 Å². The van der Waals surface area contributed by atoms with Gasteiger partial charge in [-0.1, -0.05) is 0 Å². The summed E-state index contributed by atoms with van der Waals surface area (Å²) in [7, 11) is 0. The van der Waals surface area contributed by atoms with Gasteiger partial charge < -0.3 is 0 Å². The molecule has 0 saturated heterocycles. The molecule has 126 valence electrons. The van der Waals surface area contributed by atoms with Crippen LogP contribution in [0.3, 0.4) is 0 Å². The van der Waals surface area contributed by atoms with Gasteiger partial charge in [0.1, 0.15) is 0 Å². The van der Waals surface area contributed by atoms with Crippen LogP contribution < -0.4 is 0 Å². The summed E-state index contributed by atoms with van der Waals surface area (Å²) in [5.41, 5.74) is 1.55. The van der Waals surface area contributed by atoms with Gasteiger partial charge in [0.25, 0.3) is 0 Å². The van der Waals surface area contributed by atoms with Crippen LogP contribution in [0.15, 0.2) is 30.3 Å². The molecule has 0 fully saturated rings. The molecule has 0 aliphatic carbocycles. The second-order valence-corrected chi connectivity index (χ2v) is 21.4. The van der Waals surface area contributed by atoms with Gasteiger partial charge in [-0.05, 0) is 0 Å². The van der Waals surface area contributed by atoms with E-state index in [1.54, 1.807) is 23.3 Å². The fourth-order valence-corrected chi connectivity index (χ4v) is 20.1. The van der Waals surface area contributed by atoms with E-state index < -0.39 is 18.4 Å². The first kappa shape index (κ1) is 20.1. The van der Waals surface area contributed by atoms with Gasteiger partial charge in [0.15, 0.2) is 0 Å². The van der Waals surface area contributed by atoms with Gasteiger partial charge in [-0.3, -0.25) is 0 Å². The predicted molar refractivity (Wildman–Crippen MR) is 104 cm³/mol. The minimum absolute atomic E-state index is 1.31. The molecule has 22 heavy (non-hydrogen) atoms. The summed E-state index contributed by atoms with van der Waals surface area (Å²) in [6.45, 7) is 7.13. The van der Waals surface area contributed by atoms with Crippen LogP contribution >= 0.6 is 0 Å². The molecule has 0 nitrogen and oxygen atoms in total. The molecule has 0 unspecified atom stereocenters. The molecule has 0 N–H and O–H groups in total. The summed E-state index contributed by atoms with van der Waals surface area (Å²) in [5.74, 6) is 0. The number of unbranched alkanes of at least 4 members (excludes halogenated alkanes) is 3. The quantitative estimate of drug-likeness (QED) is 0.297. The third-order valence-electron chi connectivity index (χ3n) is 5.20. The monoisotopic (exact) mass is 410 g/mol. The van der Waals surface area contributed by atoms with Crippen molar-refractivity contribution in [2.75, 3.05) is 0 Å². The summed E-state index contributed by atoms with van der Waals surface area (Å²) in [6.07, 6.45) is 11.5. The molecule has 0 amide bonds. The second-order valence-electron chi connectivity index (χ2n) is 7.15. The van der Waals surface area contributed by atoms with Crippen molar-refractivity contribution < 1.29 is 0 Å². The molecule has 1 aromatic carbocycles. The van der Waals surface area contributed by atoms with Crippen LogP contribution in [-0.2, 0) is 6.42 Å². The van der Waals surface area contributed by atoms with Crippen LogP contribution in [0.1, 0.15) is 71.3 Å². The van der Waals surface area contributed by atoms with Crippen molar-refractivity contribution in [3.05, 3.63) is 35.9 Å². The molecule has 0 aliphatic rings. The summed E-state index contributed by atoms with van der Waals surface area (Å²) >= 11 is -1.86. The molecule has 0 bridgehead atoms. The third-order valence-corrected chi connectivity index (χ3v) is 21.3. The first-order chi connectivity index (χ1) is 10.8. The Labute approximate surface area is 144 Å². The van der Waals surface area contributed by atoms with Gasteiger partial charge in [0.2, 0.25) is 0 Å². The normalized spacial score (nSPS) is 11.8. The fourth-order valence-electron chi connectivity index (χ4n) is 3.72. The summed E-state index contributed by atoms with van der Waals surface area (Å²) in [5, 5.41) is 0. The molecular formula is C21H38Sn. The predicted octanol–water partition coefficient (Wildman–Crippen LogP) is 7.47. The van der Waals surface area contributed by atoms with E-state index in [1.165, 1.54) is 51.4 Å². The maximum absolute atomic E-state index is 2.38. The van der Waals surface area contributed by atoms with Crippen molar-refractivity contribution in [1.29, 1.82) is 0 Å². The molecule has 0 spiro atoms. The zero-order chi connectivity index (χ0) is 16.1. The average molecular weight is 409 g/mol. The van der Waals surface area contributed by atoms with Crippen molar-refractivity contribution in [3.63, 3.8) is 0 Å². The van der Waals surface area contributed by atoms with Crippen LogP contribution in [0.4, 0.5) is 0 Å². The van der Waals surface area contributed by atoms with Gasteiger partial charge in [0.05, 0.1) is 0 Å². The fraction of sp³-hybridized carbons (Fsp3) is 0.714. The molecule has 1 heteroatoms. The van der Waals surface area contributed by atoms with Gasteiger partial charge in [-0.15, -0.1) is 0 Å². The Morgan fingerprint density at radius 1 is 0.636 bits per heavy atom. The molecule has 0 radical (unpaired) electrons. The first-order valence-electron chi connectivity index (χ1n) is 9.80. The van der Waals surface area contributed by atoms with E-state index >= 15 is 0 Å². The average Bonchev–Trinajstić information content (AvgIpc) is 2.57. The Balaban J connectivity index is 2.59. The van der Waals surface area contributed by atoms with Gasteiger partial charge in [0, 0.05) is 0 Å². The Morgan fingerprint density at radius 3 is 1.55 bits per heavy atom. The summed E-state index contributed by atoms with van der Waals surface area (Å²) in [6, 6.07) is 11.1. The van der Waals surface area contributed by atoms with Crippen molar-refractivity contribution in [1.82, 2.24) is 0 Å². The molecule has 1 rings (SSSR count). The zero-order valence-electron chi connectivity index (χ0n) is 15.4. The molecule has 0 aliphatic heterocycles. The Hall–Kier alpha value is 0.0187. The Kier molecular flexibility index (Phi) is 11.3. The summed E-state index contributed by atoms with van der Waals surface area (Å²) < 4.78 is 6.64. The number of rotatable bonds is 13. The van der Waals surface area contributed by atoms with E-state index in [4.69, 9.17) is 0 Å². The van der Waals surface area contributed by atoms with Crippen LogP contribution in [0.25, 0.3) is 0 Å². The van der Waals surface area contributed by atoms with Crippen LogP contribution in [0.5, 0.6) is 0 Å². The van der Waals surface area contributed by atoms with Gasteiger partial charge in [-0.25, -0.2) is 0 Å². The van der Waals surface area contributed by atoms with Crippen LogP contribution in [0, 0.1) is 0 Å². The zero-order valence-corrected chi connectivity index (χ0v) is 18.2. The topological polar surface area (TPSA) is 0 Å². The van der Waals surface area contributed by atoms with E-state index in [2.05, 4.69) is 51.1 Å². The van der Waals surface area contributed by atoms with Crippen LogP contribution in [0.2, 0.25) is 17.7 Å². The van der Waals surface area contributed by atoms with E-state index in [-0.39, 0.29) is 0 Å². The van der Waals surface area contributed by atoms with Crippen molar-refractivity contribution in [3.8, 4) is 0 Å². The molecule has 0 heterocycles. The molecule has 1 aromatic rings. The maximum atomic E-state index is 2.38. The summed E-state index contributed by atoms with van der Waals surface area (Å²) in [4.78, 5) is 0. The Bertz CT molecular complexity index is 336. The van der Waals surface area contributed by atoms with Crippen molar-refractivity contribution in [2.45, 2.75) is 89.9 Å². The number of benzene rings is 1. The number of hydrogen-bond donors (Lipinski definition) is 0. The standard InChI is InChI=1S/C9H11.3C4H9.Sn/c1-2-6-9-7-4-3-5-8-9;3*1-3-4-2;/h3-5,7-8H,1-2,6H2;3*1,3-4H2,2H3;. The first-order valence-corrected chi connectivity index (χ1v) is 17.9. The van der Waals surface area contributed by atoms with Crippen LogP contribution in [-0.4, -0.2) is 18.4 Å². The SMILES string of the molecule is CCC[CH2][Sn]([CH2]CCC)([CH2]CCC)[CH2]CCc1ccccc1. The molecular weight excluding hydrogens is 371 g/mol. The molecule has 0 atom stereocenters. The Morgan fingerprint density at radius 2 is 1.09 bits per heavy atom. The second kappa shape index (κ2) is 12.4.